The maximum atomic E-state index is 10.9. The Hall–Kier alpha value is -1.59. The predicted octanol–water partition coefficient (Wildman–Crippen LogP) is 1.19. The number of benzene rings is 1. The first-order valence-corrected chi connectivity index (χ1v) is 5.29. The van der Waals surface area contributed by atoms with Gasteiger partial charge >= 0.3 is 5.97 Å². The van der Waals surface area contributed by atoms with Gasteiger partial charge < -0.3 is 19.5 Å². The molecule has 5 nitrogen and oxygen atoms in total. The number of carboxylic acids is 1. The van der Waals surface area contributed by atoms with E-state index in [1.807, 2.05) is 11.0 Å². The van der Waals surface area contributed by atoms with Gasteiger partial charge in [0.2, 0.25) is 5.79 Å². The molecule has 0 atom stereocenters. The summed E-state index contributed by atoms with van der Waals surface area (Å²) in [5, 5.41) is 8.91. The molecule has 5 heteroatoms. The molecule has 92 valence electrons. The second-order valence-corrected chi connectivity index (χ2v) is 4.03. The second-order valence-electron chi connectivity index (χ2n) is 4.03. The highest BCUT2D eigenvalue weighted by Crippen LogP contribution is 2.30. The summed E-state index contributed by atoms with van der Waals surface area (Å²) in [6.45, 7) is 1.20. The lowest BCUT2D eigenvalue weighted by atomic mass is 10.1. The van der Waals surface area contributed by atoms with E-state index < -0.39 is 11.8 Å². The number of hydrogen-bond donors (Lipinski definition) is 1. The first kappa shape index (κ1) is 11.9. The molecule has 0 unspecified atom stereocenters. The lowest BCUT2D eigenvalue weighted by molar-refractivity contribution is -0.219. The molecule has 1 saturated heterocycles. The molecule has 1 N–H and O–H groups in total. The largest absolute Gasteiger partial charge is 0.478 e. The predicted molar refractivity (Wildman–Crippen MR) is 62.4 cm³/mol. The molecule has 1 aliphatic heterocycles. The molecule has 0 aromatic heterocycles. The van der Waals surface area contributed by atoms with Gasteiger partial charge in [-0.3, -0.25) is 0 Å². The lowest BCUT2D eigenvalue weighted by Crippen LogP contribution is -2.64. The minimum Gasteiger partial charge on any atom is -0.478 e. The van der Waals surface area contributed by atoms with Crippen LogP contribution in [0, 0.1) is 0 Å². The summed E-state index contributed by atoms with van der Waals surface area (Å²) in [6.07, 6.45) is 0. The molecule has 1 fully saturated rings. The van der Waals surface area contributed by atoms with Crippen molar-refractivity contribution in [1.82, 2.24) is 0 Å². The minimum atomic E-state index is -0.919. The molecular formula is C12H15NO4. The van der Waals surface area contributed by atoms with E-state index in [0.717, 1.165) is 5.69 Å². The van der Waals surface area contributed by atoms with Crippen LogP contribution in [0.2, 0.25) is 0 Å². The first-order chi connectivity index (χ1) is 8.10. The third-order valence-electron chi connectivity index (χ3n) is 3.07. The summed E-state index contributed by atoms with van der Waals surface area (Å²) in [4.78, 5) is 12.9. The van der Waals surface area contributed by atoms with Crippen molar-refractivity contribution in [1.29, 1.82) is 0 Å². The number of aromatic carboxylic acids is 1. The van der Waals surface area contributed by atoms with Gasteiger partial charge in [-0.05, 0) is 18.2 Å². The van der Waals surface area contributed by atoms with E-state index in [0.29, 0.717) is 13.1 Å². The standard InChI is InChI=1S/C12H15NO4/c1-16-12(17-2)7-13(8-12)10-5-3-4-9(6-10)11(14)15/h3-6H,7-8H2,1-2H3,(H,14,15). The van der Waals surface area contributed by atoms with Crippen molar-refractivity contribution in [2.75, 3.05) is 32.2 Å². The topological polar surface area (TPSA) is 59.0 Å². The van der Waals surface area contributed by atoms with Gasteiger partial charge in [-0.25, -0.2) is 4.79 Å². The highest BCUT2D eigenvalue weighted by Gasteiger charge is 2.43. The molecule has 0 bridgehead atoms. The molecule has 1 aliphatic rings. The van der Waals surface area contributed by atoms with Crippen LogP contribution >= 0.6 is 0 Å². The van der Waals surface area contributed by atoms with E-state index in [1.165, 1.54) is 0 Å². The number of ether oxygens (including phenoxy) is 2. The van der Waals surface area contributed by atoms with E-state index in [2.05, 4.69) is 0 Å². The van der Waals surface area contributed by atoms with Gasteiger partial charge in [0.15, 0.2) is 0 Å². The number of carbonyl (C=O) groups is 1. The second kappa shape index (κ2) is 4.35. The number of rotatable bonds is 4. The van der Waals surface area contributed by atoms with Crippen molar-refractivity contribution in [3.05, 3.63) is 29.8 Å². The maximum absolute atomic E-state index is 10.9. The fourth-order valence-corrected chi connectivity index (χ4v) is 1.90. The molecular weight excluding hydrogens is 222 g/mol. The number of anilines is 1. The highest BCUT2D eigenvalue weighted by molar-refractivity contribution is 5.88. The van der Waals surface area contributed by atoms with Crippen molar-refractivity contribution in [2.24, 2.45) is 0 Å². The Morgan fingerprint density at radius 1 is 1.35 bits per heavy atom. The van der Waals surface area contributed by atoms with E-state index in [9.17, 15) is 4.79 Å². The average Bonchev–Trinajstić information content (AvgIpc) is 2.29. The van der Waals surface area contributed by atoms with E-state index in [-0.39, 0.29) is 5.56 Å². The Labute approximate surface area is 99.6 Å². The van der Waals surface area contributed by atoms with E-state index in [1.54, 1.807) is 32.4 Å². The average molecular weight is 237 g/mol. The summed E-state index contributed by atoms with van der Waals surface area (Å²) >= 11 is 0. The number of methoxy groups -OCH3 is 2. The quantitative estimate of drug-likeness (QED) is 0.797. The van der Waals surface area contributed by atoms with Gasteiger partial charge in [0.25, 0.3) is 0 Å². The Morgan fingerprint density at radius 3 is 2.53 bits per heavy atom. The third-order valence-corrected chi connectivity index (χ3v) is 3.07. The molecule has 0 aliphatic carbocycles. The van der Waals surface area contributed by atoms with Crippen molar-refractivity contribution in [3.63, 3.8) is 0 Å². The Kier molecular flexibility index (Phi) is 3.04. The summed E-state index contributed by atoms with van der Waals surface area (Å²) < 4.78 is 10.5. The van der Waals surface area contributed by atoms with Crippen LogP contribution in [0.25, 0.3) is 0 Å². The fraction of sp³-hybridized carbons (Fsp3) is 0.417. The molecule has 17 heavy (non-hydrogen) atoms. The van der Waals surface area contributed by atoms with Gasteiger partial charge in [-0.1, -0.05) is 6.07 Å². The van der Waals surface area contributed by atoms with Gasteiger partial charge in [0.1, 0.15) is 0 Å². The lowest BCUT2D eigenvalue weighted by Gasteiger charge is -2.48. The summed E-state index contributed by atoms with van der Waals surface area (Å²) in [7, 11) is 3.21. The molecule has 0 radical (unpaired) electrons. The van der Waals surface area contributed by atoms with Crippen LogP contribution in [0.15, 0.2) is 24.3 Å². The zero-order chi connectivity index (χ0) is 12.5. The Balaban J connectivity index is 2.11. The SMILES string of the molecule is COC1(OC)CN(c2cccc(C(=O)O)c2)C1. The molecule has 1 heterocycles. The third kappa shape index (κ3) is 2.11. The summed E-state index contributed by atoms with van der Waals surface area (Å²) in [5.41, 5.74) is 1.16. The van der Waals surface area contributed by atoms with Crippen LogP contribution in [-0.4, -0.2) is 44.2 Å². The van der Waals surface area contributed by atoms with Crippen molar-refractivity contribution in [3.8, 4) is 0 Å². The van der Waals surface area contributed by atoms with Crippen LogP contribution in [0.4, 0.5) is 5.69 Å². The van der Waals surface area contributed by atoms with Crippen LogP contribution in [-0.2, 0) is 9.47 Å². The number of hydrogen-bond acceptors (Lipinski definition) is 4. The van der Waals surface area contributed by atoms with Crippen molar-refractivity contribution < 1.29 is 19.4 Å². The van der Waals surface area contributed by atoms with Crippen LogP contribution in [0.5, 0.6) is 0 Å². The maximum Gasteiger partial charge on any atom is 0.335 e. The van der Waals surface area contributed by atoms with Gasteiger partial charge in [-0.2, -0.15) is 0 Å². The smallest absolute Gasteiger partial charge is 0.335 e. The van der Waals surface area contributed by atoms with Crippen molar-refractivity contribution >= 4 is 11.7 Å². The normalized spacial score (nSPS) is 17.6. The fourth-order valence-electron chi connectivity index (χ4n) is 1.90. The van der Waals surface area contributed by atoms with E-state index >= 15 is 0 Å². The van der Waals surface area contributed by atoms with Crippen LogP contribution in [0.3, 0.4) is 0 Å². The zero-order valence-corrected chi connectivity index (χ0v) is 9.84. The van der Waals surface area contributed by atoms with Gasteiger partial charge in [0, 0.05) is 19.9 Å². The number of nitrogens with zero attached hydrogens (tertiary/aromatic N) is 1. The molecule has 0 saturated carbocycles. The zero-order valence-electron chi connectivity index (χ0n) is 9.84. The highest BCUT2D eigenvalue weighted by atomic mass is 16.7. The van der Waals surface area contributed by atoms with Gasteiger partial charge in [-0.15, -0.1) is 0 Å². The molecule has 1 aromatic carbocycles. The minimum absolute atomic E-state index is 0.287. The van der Waals surface area contributed by atoms with Crippen LogP contribution in [0.1, 0.15) is 10.4 Å². The monoisotopic (exact) mass is 237 g/mol. The summed E-state index contributed by atoms with van der Waals surface area (Å²) in [5.74, 6) is -1.48. The summed E-state index contributed by atoms with van der Waals surface area (Å²) in [6, 6.07) is 6.84. The molecule has 0 amide bonds. The number of carboxylic acid groups (broad SMARTS) is 1. The van der Waals surface area contributed by atoms with Gasteiger partial charge in [0.05, 0.1) is 18.7 Å². The van der Waals surface area contributed by atoms with Crippen molar-refractivity contribution in [2.45, 2.75) is 5.79 Å². The van der Waals surface area contributed by atoms with Crippen LogP contribution < -0.4 is 4.90 Å². The molecule has 1 aromatic rings. The molecule has 2 rings (SSSR count). The Bertz CT molecular complexity index is 420. The first-order valence-electron chi connectivity index (χ1n) is 5.29. The Morgan fingerprint density at radius 2 is 2.00 bits per heavy atom. The molecule has 0 spiro atoms. The van der Waals surface area contributed by atoms with E-state index in [4.69, 9.17) is 14.6 Å².